The average molecular weight is 311 g/mol. The molecule has 0 fully saturated rings. The third-order valence-electron chi connectivity index (χ3n) is 4.33. The summed E-state index contributed by atoms with van der Waals surface area (Å²) >= 11 is 0. The number of nitrogens with zero attached hydrogens (tertiary/aromatic N) is 1. The molecule has 0 amide bonds. The summed E-state index contributed by atoms with van der Waals surface area (Å²) in [5.74, 6) is 1.17. The fourth-order valence-corrected chi connectivity index (χ4v) is 3.18. The molecule has 0 saturated carbocycles. The first kappa shape index (κ1) is 15.7. The second-order valence-electron chi connectivity index (χ2n) is 6.38. The van der Waals surface area contributed by atoms with Crippen LogP contribution >= 0.6 is 0 Å². The van der Waals surface area contributed by atoms with Crippen LogP contribution in [0, 0.1) is 6.92 Å². The smallest absolute Gasteiger partial charge is 0.143 e. The zero-order chi connectivity index (χ0) is 16.2. The van der Waals surface area contributed by atoms with Gasteiger partial charge < -0.3 is 14.7 Å². The molecule has 1 atom stereocenters. The summed E-state index contributed by atoms with van der Waals surface area (Å²) in [7, 11) is 0. The van der Waals surface area contributed by atoms with Crippen LogP contribution in [0.4, 0.5) is 5.69 Å². The lowest BCUT2D eigenvalue weighted by Crippen LogP contribution is -2.41. The highest BCUT2D eigenvalue weighted by atomic mass is 16.5. The number of unbranched alkanes of at least 4 members (excludes halogenated alkanes) is 1. The van der Waals surface area contributed by atoms with Gasteiger partial charge in [-0.3, -0.25) is 0 Å². The zero-order valence-electron chi connectivity index (χ0n) is 14.0. The number of ether oxygens (including phenoxy) is 1. The van der Waals surface area contributed by atoms with Crippen molar-refractivity contribution in [3.8, 4) is 11.5 Å². The molecule has 122 valence electrons. The molecule has 1 aliphatic heterocycles. The van der Waals surface area contributed by atoms with Gasteiger partial charge in [-0.05, 0) is 31.0 Å². The van der Waals surface area contributed by atoms with E-state index in [2.05, 4.69) is 43.0 Å². The number of rotatable bonds is 5. The molecule has 1 unspecified atom stereocenters. The molecule has 2 aromatic carbocycles. The van der Waals surface area contributed by atoms with Crippen molar-refractivity contribution in [2.24, 2.45) is 0 Å². The Morgan fingerprint density at radius 3 is 2.87 bits per heavy atom. The van der Waals surface area contributed by atoms with Crippen LogP contribution in [0.3, 0.4) is 0 Å². The van der Waals surface area contributed by atoms with Gasteiger partial charge in [0.25, 0.3) is 0 Å². The van der Waals surface area contributed by atoms with Gasteiger partial charge in [0.1, 0.15) is 17.6 Å². The first-order valence-corrected chi connectivity index (χ1v) is 8.46. The molecule has 2 aromatic rings. The number of benzene rings is 2. The summed E-state index contributed by atoms with van der Waals surface area (Å²) in [4.78, 5) is 2.35. The van der Waals surface area contributed by atoms with Gasteiger partial charge in [-0.15, -0.1) is 0 Å². The second kappa shape index (κ2) is 6.95. The van der Waals surface area contributed by atoms with Crippen molar-refractivity contribution in [3.63, 3.8) is 0 Å². The quantitative estimate of drug-likeness (QED) is 0.893. The number of hydrogen-bond acceptors (Lipinski definition) is 3. The van der Waals surface area contributed by atoms with Gasteiger partial charge in [0.05, 0.1) is 12.2 Å². The first-order chi connectivity index (χ1) is 11.2. The maximum Gasteiger partial charge on any atom is 0.143 e. The molecule has 1 heterocycles. The standard InChI is InChI=1S/C20H25NO2/c1-3-4-10-21-14-18(12-16-7-5-6-15(2)11-16)23-20-9-8-17(22)13-19(20)21/h5-9,11,13,18,22H,3-4,10,12,14H2,1-2H3. The van der Waals surface area contributed by atoms with Gasteiger partial charge in [0, 0.05) is 19.0 Å². The van der Waals surface area contributed by atoms with E-state index >= 15 is 0 Å². The Morgan fingerprint density at radius 2 is 2.09 bits per heavy atom. The third-order valence-corrected chi connectivity index (χ3v) is 4.33. The summed E-state index contributed by atoms with van der Waals surface area (Å²) in [5, 5.41) is 9.78. The average Bonchev–Trinajstić information content (AvgIpc) is 2.53. The highest BCUT2D eigenvalue weighted by molar-refractivity contribution is 5.63. The van der Waals surface area contributed by atoms with Crippen LogP contribution < -0.4 is 9.64 Å². The minimum Gasteiger partial charge on any atom is -0.508 e. The molecule has 0 radical (unpaired) electrons. The van der Waals surface area contributed by atoms with Crippen LogP contribution in [0.25, 0.3) is 0 Å². The Balaban J connectivity index is 1.80. The van der Waals surface area contributed by atoms with E-state index in [0.29, 0.717) is 5.75 Å². The zero-order valence-corrected chi connectivity index (χ0v) is 14.0. The molecule has 3 nitrogen and oxygen atoms in total. The molecule has 0 bridgehead atoms. The van der Waals surface area contributed by atoms with E-state index in [0.717, 1.165) is 43.8 Å². The van der Waals surface area contributed by atoms with Crippen LogP contribution in [0.2, 0.25) is 0 Å². The Hall–Kier alpha value is -2.16. The fraction of sp³-hybridized carbons (Fsp3) is 0.400. The summed E-state index contributed by atoms with van der Waals surface area (Å²) in [5.41, 5.74) is 3.61. The first-order valence-electron chi connectivity index (χ1n) is 8.46. The largest absolute Gasteiger partial charge is 0.508 e. The van der Waals surface area contributed by atoms with E-state index in [1.165, 1.54) is 11.1 Å². The lowest BCUT2D eigenvalue weighted by atomic mass is 10.0. The van der Waals surface area contributed by atoms with Crippen molar-refractivity contribution in [3.05, 3.63) is 53.6 Å². The Kier molecular flexibility index (Phi) is 4.75. The summed E-state index contributed by atoms with van der Waals surface area (Å²) in [6.07, 6.45) is 3.36. The number of aromatic hydroxyl groups is 1. The molecule has 0 saturated heterocycles. The van der Waals surface area contributed by atoms with E-state index < -0.39 is 0 Å². The van der Waals surface area contributed by atoms with Crippen LogP contribution in [-0.4, -0.2) is 24.3 Å². The molecular weight excluding hydrogens is 286 g/mol. The maximum absolute atomic E-state index is 9.78. The molecule has 0 spiro atoms. The second-order valence-corrected chi connectivity index (χ2v) is 6.38. The predicted octanol–water partition coefficient (Wildman–Crippen LogP) is 4.31. The van der Waals surface area contributed by atoms with E-state index in [-0.39, 0.29) is 6.10 Å². The van der Waals surface area contributed by atoms with Gasteiger partial charge in [-0.1, -0.05) is 43.2 Å². The van der Waals surface area contributed by atoms with Crippen molar-refractivity contribution in [1.29, 1.82) is 0 Å². The van der Waals surface area contributed by atoms with E-state index in [9.17, 15) is 5.11 Å². The van der Waals surface area contributed by atoms with E-state index in [1.54, 1.807) is 6.07 Å². The van der Waals surface area contributed by atoms with Crippen molar-refractivity contribution < 1.29 is 9.84 Å². The summed E-state index contributed by atoms with van der Waals surface area (Å²) in [6.45, 7) is 6.19. The van der Waals surface area contributed by atoms with Gasteiger partial charge >= 0.3 is 0 Å². The predicted molar refractivity (Wildman–Crippen MR) is 94.5 cm³/mol. The van der Waals surface area contributed by atoms with Crippen LogP contribution in [0.5, 0.6) is 11.5 Å². The topological polar surface area (TPSA) is 32.7 Å². The van der Waals surface area contributed by atoms with Gasteiger partial charge in [-0.25, -0.2) is 0 Å². The highest BCUT2D eigenvalue weighted by Gasteiger charge is 2.26. The number of hydrogen-bond donors (Lipinski definition) is 1. The SMILES string of the molecule is CCCCN1CC(Cc2cccc(C)c2)Oc2ccc(O)cc21. The van der Waals surface area contributed by atoms with E-state index in [1.807, 2.05) is 12.1 Å². The van der Waals surface area contributed by atoms with Crippen molar-refractivity contribution in [1.82, 2.24) is 0 Å². The van der Waals surface area contributed by atoms with E-state index in [4.69, 9.17) is 4.74 Å². The van der Waals surface area contributed by atoms with Crippen molar-refractivity contribution >= 4 is 5.69 Å². The minimum absolute atomic E-state index is 0.144. The Labute approximate surface area is 138 Å². The molecule has 3 rings (SSSR count). The number of phenols is 1. The van der Waals surface area contributed by atoms with Crippen molar-refractivity contribution in [2.75, 3.05) is 18.0 Å². The summed E-state index contributed by atoms with van der Waals surface area (Å²) in [6, 6.07) is 14.0. The Bertz CT molecular complexity index is 668. The molecule has 1 aliphatic rings. The highest BCUT2D eigenvalue weighted by Crippen LogP contribution is 2.36. The molecule has 23 heavy (non-hydrogen) atoms. The van der Waals surface area contributed by atoms with Crippen LogP contribution in [-0.2, 0) is 6.42 Å². The maximum atomic E-state index is 9.78. The lowest BCUT2D eigenvalue weighted by molar-refractivity contribution is 0.193. The lowest BCUT2D eigenvalue weighted by Gasteiger charge is -2.36. The third kappa shape index (κ3) is 3.79. The summed E-state index contributed by atoms with van der Waals surface area (Å²) < 4.78 is 6.19. The molecule has 0 aliphatic carbocycles. The molecule has 1 N–H and O–H groups in total. The van der Waals surface area contributed by atoms with Crippen LogP contribution in [0.15, 0.2) is 42.5 Å². The number of fused-ring (bicyclic) bond motifs is 1. The number of phenolic OH excluding ortho intramolecular Hbond substituents is 1. The monoisotopic (exact) mass is 311 g/mol. The van der Waals surface area contributed by atoms with Gasteiger partial charge in [0.2, 0.25) is 0 Å². The molecule has 0 aromatic heterocycles. The normalized spacial score (nSPS) is 16.8. The number of aryl methyl sites for hydroxylation is 1. The van der Waals surface area contributed by atoms with Crippen molar-refractivity contribution in [2.45, 2.75) is 39.2 Å². The van der Waals surface area contributed by atoms with Gasteiger partial charge in [-0.2, -0.15) is 0 Å². The Morgan fingerprint density at radius 1 is 1.22 bits per heavy atom. The minimum atomic E-state index is 0.144. The molecular formula is C20H25NO2. The number of anilines is 1. The van der Waals surface area contributed by atoms with Crippen LogP contribution in [0.1, 0.15) is 30.9 Å². The van der Waals surface area contributed by atoms with Gasteiger partial charge in [0.15, 0.2) is 0 Å². The molecule has 3 heteroatoms. The fourth-order valence-electron chi connectivity index (χ4n) is 3.18.